The van der Waals surface area contributed by atoms with E-state index in [0.29, 0.717) is 12.8 Å². The predicted molar refractivity (Wildman–Crippen MR) is 147 cm³/mol. The SMILES string of the molecule is CC1(C)[C@@H]2CC[C@@]1(CS(=O)(=O)OC1[C@H]3OC4OC([C@@H]3OC(=O)c3ccccc3)[C@H](OC(=O)c3ccccc3)[C@H]1O4)C(=O)C2. The Hall–Kier alpha value is -3.16. The van der Waals surface area contributed by atoms with Gasteiger partial charge in [-0.25, -0.2) is 9.59 Å². The Morgan fingerprint density at radius 2 is 1.30 bits per heavy atom. The van der Waals surface area contributed by atoms with Crippen molar-refractivity contribution >= 4 is 27.8 Å². The summed E-state index contributed by atoms with van der Waals surface area (Å²) in [5, 5.41) is 0. The van der Waals surface area contributed by atoms with Crippen molar-refractivity contribution in [3.05, 3.63) is 71.8 Å². The van der Waals surface area contributed by atoms with E-state index in [1.54, 1.807) is 60.7 Å². The molecule has 12 heteroatoms. The molecule has 3 aliphatic heterocycles. The van der Waals surface area contributed by atoms with Gasteiger partial charge in [-0.2, -0.15) is 8.42 Å². The molecule has 6 fully saturated rings. The van der Waals surface area contributed by atoms with Crippen LogP contribution in [0.4, 0.5) is 0 Å². The summed E-state index contributed by atoms with van der Waals surface area (Å²) >= 11 is 0. The number of hydrogen-bond donors (Lipinski definition) is 0. The average Bonchev–Trinajstić information content (AvgIpc) is 3.33. The predicted octanol–water partition coefficient (Wildman–Crippen LogP) is 3.03. The number of esters is 2. The molecule has 3 heterocycles. The van der Waals surface area contributed by atoms with E-state index in [4.69, 9.17) is 27.9 Å². The molecule has 8 rings (SSSR count). The second-order valence-corrected chi connectivity index (χ2v) is 14.1. The maximum atomic E-state index is 13.8. The van der Waals surface area contributed by atoms with Gasteiger partial charge in [-0.1, -0.05) is 50.2 Å². The van der Waals surface area contributed by atoms with E-state index in [1.807, 2.05) is 13.8 Å². The van der Waals surface area contributed by atoms with Crippen LogP contribution in [0.3, 0.4) is 0 Å². The molecule has 3 saturated carbocycles. The highest BCUT2D eigenvalue weighted by molar-refractivity contribution is 7.86. The number of ether oxygens (including phenoxy) is 5. The van der Waals surface area contributed by atoms with E-state index in [1.165, 1.54) is 0 Å². The summed E-state index contributed by atoms with van der Waals surface area (Å²) in [7, 11) is -4.37. The summed E-state index contributed by atoms with van der Waals surface area (Å²) in [6.45, 7) is 2.68. The average molecular weight is 613 g/mol. The van der Waals surface area contributed by atoms with Crippen LogP contribution in [0.1, 0.15) is 53.8 Å². The van der Waals surface area contributed by atoms with E-state index in [2.05, 4.69) is 0 Å². The van der Waals surface area contributed by atoms with Crippen molar-refractivity contribution in [3.63, 3.8) is 0 Å². The molecule has 9 atom stereocenters. The number of carbonyl (C=O) groups excluding carboxylic acids is 3. The molecule has 6 aliphatic rings. The zero-order valence-electron chi connectivity index (χ0n) is 23.6. The molecule has 3 unspecified atom stereocenters. The summed E-state index contributed by atoms with van der Waals surface area (Å²) in [6, 6.07) is 16.5. The molecule has 0 aromatic heterocycles. The highest BCUT2D eigenvalue weighted by Gasteiger charge is 2.68. The molecule has 3 aliphatic carbocycles. The molecule has 2 aromatic rings. The first-order valence-corrected chi connectivity index (χ1v) is 16.0. The number of fused-ring (bicyclic) bond motifs is 2. The summed E-state index contributed by atoms with van der Waals surface area (Å²) in [4.78, 5) is 39.4. The Kier molecular flexibility index (Phi) is 6.78. The largest absolute Gasteiger partial charge is 0.453 e. The summed E-state index contributed by atoms with van der Waals surface area (Å²) < 4.78 is 62.6. The van der Waals surface area contributed by atoms with E-state index >= 15 is 0 Å². The van der Waals surface area contributed by atoms with Gasteiger partial charge in [-0.15, -0.1) is 0 Å². The van der Waals surface area contributed by atoms with Gasteiger partial charge in [0.1, 0.15) is 30.2 Å². The number of carbonyl (C=O) groups is 3. The normalized spacial score (nSPS) is 36.9. The van der Waals surface area contributed by atoms with Gasteiger partial charge in [0.2, 0.25) is 0 Å². The third-order valence-electron chi connectivity index (χ3n) is 10.1. The Morgan fingerprint density at radius 3 is 1.74 bits per heavy atom. The van der Waals surface area contributed by atoms with Crippen LogP contribution in [0.5, 0.6) is 0 Å². The Bertz CT molecular complexity index is 1470. The first-order valence-electron chi connectivity index (χ1n) is 14.4. The first-order chi connectivity index (χ1) is 20.5. The van der Waals surface area contributed by atoms with Gasteiger partial charge in [-0.3, -0.25) is 8.98 Å². The Labute approximate surface area is 248 Å². The summed E-state index contributed by atoms with van der Waals surface area (Å²) in [5.41, 5.74) is -1.06. The fourth-order valence-electron chi connectivity index (χ4n) is 7.59. The third kappa shape index (κ3) is 4.62. The van der Waals surface area contributed by atoms with Crippen molar-refractivity contribution in [2.24, 2.45) is 16.7 Å². The molecule has 6 bridgehead atoms. The highest BCUT2D eigenvalue weighted by atomic mass is 32.2. The van der Waals surface area contributed by atoms with Crippen LogP contribution < -0.4 is 0 Å². The topological polar surface area (TPSA) is 141 Å². The molecular formula is C31H32O11S. The Morgan fingerprint density at radius 1 is 0.814 bits per heavy atom. The van der Waals surface area contributed by atoms with Crippen LogP contribution in [-0.2, 0) is 42.8 Å². The zero-order valence-corrected chi connectivity index (χ0v) is 24.4. The molecule has 0 radical (unpaired) electrons. The molecule has 3 saturated heterocycles. The standard InChI is InChI=1S/C31H32O11S/c1-30(2)19-13-14-31(30,20(32)15-19)16-43(35,36)42-26-24-21(37-27(33)17-9-5-3-6-10-17)23-22(25(26)41-29(39-23)40-24)38-28(34)18-11-7-4-8-12-18/h3-12,19,21-26,29H,13-16H2,1-2H3/t19-,21+,22+,23?,24-,25+,26?,29?,31-/m1/s1. The third-order valence-corrected chi connectivity index (χ3v) is 11.4. The minimum absolute atomic E-state index is 0.0729. The molecule has 0 spiro atoms. The lowest BCUT2D eigenvalue weighted by molar-refractivity contribution is -0.476. The molecule has 2 aromatic carbocycles. The van der Waals surface area contributed by atoms with Crippen LogP contribution >= 0.6 is 0 Å². The molecule has 0 N–H and O–H groups in total. The van der Waals surface area contributed by atoms with Crippen molar-refractivity contribution in [2.75, 3.05) is 5.75 Å². The minimum Gasteiger partial charge on any atom is -0.453 e. The lowest BCUT2D eigenvalue weighted by Gasteiger charge is -2.57. The zero-order chi connectivity index (χ0) is 30.1. The monoisotopic (exact) mass is 612 g/mol. The Balaban J connectivity index is 1.20. The van der Waals surface area contributed by atoms with E-state index in [-0.39, 0.29) is 22.8 Å². The first kappa shape index (κ1) is 28.6. The number of hydrogen-bond acceptors (Lipinski definition) is 11. The van der Waals surface area contributed by atoms with Gasteiger partial charge in [0.25, 0.3) is 16.6 Å². The van der Waals surface area contributed by atoms with Crippen molar-refractivity contribution < 1.29 is 50.7 Å². The number of Topliss-reactive ketones (excluding diaryl/α,β-unsaturated/α-hetero) is 1. The smallest absolute Gasteiger partial charge is 0.338 e. The van der Waals surface area contributed by atoms with Gasteiger partial charge in [-0.05, 0) is 48.4 Å². The molecule has 228 valence electrons. The summed E-state index contributed by atoms with van der Waals surface area (Å²) in [5.74, 6) is -1.85. The highest BCUT2D eigenvalue weighted by Crippen LogP contribution is 2.64. The number of benzene rings is 2. The van der Waals surface area contributed by atoms with E-state index in [9.17, 15) is 22.8 Å². The number of rotatable bonds is 8. The van der Waals surface area contributed by atoms with Crippen LogP contribution in [0.25, 0.3) is 0 Å². The fourth-order valence-corrected chi connectivity index (χ4v) is 9.50. The lowest BCUT2D eigenvalue weighted by Crippen LogP contribution is -2.76. The van der Waals surface area contributed by atoms with Crippen molar-refractivity contribution in [1.82, 2.24) is 0 Å². The summed E-state index contributed by atoms with van der Waals surface area (Å²) in [6.07, 6.45) is -5.41. The van der Waals surface area contributed by atoms with Gasteiger partial charge in [0.05, 0.1) is 22.3 Å². The van der Waals surface area contributed by atoms with Crippen LogP contribution in [0.2, 0.25) is 0 Å². The molecule has 11 nitrogen and oxygen atoms in total. The van der Waals surface area contributed by atoms with Crippen molar-refractivity contribution in [1.29, 1.82) is 0 Å². The van der Waals surface area contributed by atoms with Crippen LogP contribution in [-0.4, -0.2) is 75.0 Å². The van der Waals surface area contributed by atoms with Crippen LogP contribution in [0, 0.1) is 16.7 Å². The lowest BCUT2D eigenvalue weighted by atomic mass is 9.70. The van der Waals surface area contributed by atoms with E-state index in [0.717, 1.165) is 6.42 Å². The quantitative estimate of drug-likeness (QED) is 0.321. The van der Waals surface area contributed by atoms with Gasteiger partial charge >= 0.3 is 11.9 Å². The fraction of sp³-hybridized carbons (Fsp3) is 0.516. The van der Waals surface area contributed by atoms with Crippen molar-refractivity contribution in [2.45, 2.75) is 76.2 Å². The maximum absolute atomic E-state index is 13.8. The second-order valence-electron chi connectivity index (χ2n) is 12.5. The maximum Gasteiger partial charge on any atom is 0.338 e. The minimum atomic E-state index is -4.37. The molecule has 0 amide bonds. The molecular weight excluding hydrogens is 580 g/mol. The van der Waals surface area contributed by atoms with Crippen molar-refractivity contribution in [3.8, 4) is 0 Å². The molecule has 43 heavy (non-hydrogen) atoms. The van der Waals surface area contributed by atoms with Gasteiger partial charge < -0.3 is 23.7 Å². The second kappa shape index (κ2) is 10.2. The van der Waals surface area contributed by atoms with Gasteiger partial charge in [0, 0.05) is 6.42 Å². The van der Waals surface area contributed by atoms with Gasteiger partial charge in [0.15, 0.2) is 12.2 Å². The van der Waals surface area contributed by atoms with Crippen LogP contribution in [0.15, 0.2) is 60.7 Å². The van der Waals surface area contributed by atoms with E-state index < -0.39 is 81.7 Å². The number of ketones is 1.